The van der Waals surface area contributed by atoms with E-state index in [-0.39, 0.29) is 0 Å². The second kappa shape index (κ2) is 6.32. The molecule has 1 N–H and O–H groups in total. The topological polar surface area (TPSA) is 56.3 Å². The lowest BCUT2D eigenvalue weighted by Gasteiger charge is -2.34. The summed E-state index contributed by atoms with van der Waals surface area (Å²) in [6.07, 6.45) is 1.60. The minimum atomic E-state index is -0.405. The molecule has 0 aromatic carbocycles. The second-order valence-corrected chi connectivity index (χ2v) is 5.72. The van der Waals surface area contributed by atoms with Crippen LogP contribution < -0.4 is 5.32 Å². The van der Waals surface area contributed by atoms with Crippen molar-refractivity contribution in [1.29, 1.82) is 0 Å². The van der Waals surface area contributed by atoms with Crippen LogP contribution in [0.25, 0.3) is 0 Å². The highest BCUT2D eigenvalue weighted by molar-refractivity contribution is 14.1. The van der Waals surface area contributed by atoms with E-state index >= 15 is 0 Å². The molecule has 1 aromatic rings. The summed E-state index contributed by atoms with van der Waals surface area (Å²) in [6.45, 7) is 6.30. The number of anilines is 1. The van der Waals surface area contributed by atoms with Crippen LogP contribution in [0.5, 0.6) is 0 Å². The van der Waals surface area contributed by atoms with Crippen molar-refractivity contribution in [2.75, 3.05) is 32.2 Å². The summed E-state index contributed by atoms with van der Waals surface area (Å²) >= 11 is 2.28. The van der Waals surface area contributed by atoms with E-state index in [1.54, 1.807) is 7.11 Å². The van der Waals surface area contributed by atoms with Crippen molar-refractivity contribution in [3.8, 4) is 0 Å². The Morgan fingerprint density at radius 3 is 2.63 bits per heavy atom. The van der Waals surface area contributed by atoms with E-state index in [1.165, 1.54) is 0 Å². The first kappa shape index (κ1) is 14.9. The van der Waals surface area contributed by atoms with Crippen molar-refractivity contribution >= 4 is 28.4 Å². The summed E-state index contributed by atoms with van der Waals surface area (Å²) in [7, 11) is 1.73. The largest absolute Gasteiger partial charge is 0.381 e. The van der Waals surface area contributed by atoms with Gasteiger partial charge in [-0.3, -0.25) is 0 Å². The predicted molar refractivity (Wildman–Crippen MR) is 82.4 cm³/mol. The predicted octanol–water partition coefficient (Wildman–Crippen LogP) is 2.47. The Kier molecular flexibility index (Phi) is 4.97. The Hall–Kier alpha value is -0.470. The molecular formula is C13H20IN3O2. The monoisotopic (exact) mass is 377 g/mol. The molecule has 1 aliphatic heterocycles. The van der Waals surface area contributed by atoms with Gasteiger partial charge >= 0.3 is 0 Å². The smallest absolute Gasteiger partial charge is 0.163 e. The van der Waals surface area contributed by atoms with Crippen LogP contribution in [0.1, 0.15) is 31.3 Å². The van der Waals surface area contributed by atoms with Crippen LogP contribution in [-0.2, 0) is 15.1 Å². The van der Waals surface area contributed by atoms with E-state index < -0.39 is 5.60 Å². The molecule has 0 saturated carbocycles. The van der Waals surface area contributed by atoms with Crippen LogP contribution in [0, 0.1) is 10.5 Å². The number of nitrogens with one attached hydrogen (secondary N) is 1. The number of rotatable bonds is 4. The van der Waals surface area contributed by atoms with Gasteiger partial charge in [-0.2, -0.15) is 0 Å². The van der Waals surface area contributed by atoms with Crippen molar-refractivity contribution in [2.24, 2.45) is 0 Å². The van der Waals surface area contributed by atoms with E-state index in [2.05, 4.69) is 44.8 Å². The standard InChI is InChI=1S/C13H20IN3O2/c1-4-15-11-10(14)9(2)16-12(17-11)13(18-3)5-7-19-8-6-13/h4-8H2,1-3H3,(H,15,16,17). The molecule has 1 aromatic heterocycles. The molecule has 6 heteroatoms. The summed E-state index contributed by atoms with van der Waals surface area (Å²) in [5, 5.41) is 3.29. The van der Waals surface area contributed by atoms with Gasteiger partial charge in [0.25, 0.3) is 0 Å². The van der Waals surface area contributed by atoms with Crippen molar-refractivity contribution in [3.63, 3.8) is 0 Å². The molecule has 2 heterocycles. The average molecular weight is 377 g/mol. The van der Waals surface area contributed by atoms with Gasteiger partial charge in [0.15, 0.2) is 5.82 Å². The third-order valence-electron chi connectivity index (χ3n) is 3.46. The van der Waals surface area contributed by atoms with Gasteiger partial charge in [0, 0.05) is 39.7 Å². The quantitative estimate of drug-likeness (QED) is 0.818. The van der Waals surface area contributed by atoms with Crippen LogP contribution in [0.15, 0.2) is 0 Å². The van der Waals surface area contributed by atoms with E-state index in [1.807, 2.05) is 6.92 Å². The summed E-state index contributed by atoms with van der Waals surface area (Å²) in [6, 6.07) is 0. The zero-order valence-corrected chi connectivity index (χ0v) is 13.8. The molecule has 0 aliphatic carbocycles. The number of nitrogens with zero attached hydrogens (tertiary/aromatic N) is 2. The molecule has 1 fully saturated rings. The van der Waals surface area contributed by atoms with Gasteiger partial charge in [-0.1, -0.05) is 0 Å². The number of hydrogen-bond donors (Lipinski definition) is 1. The molecule has 106 valence electrons. The third kappa shape index (κ3) is 3.00. The molecule has 0 atom stereocenters. The van der Waals surface area contributed by atoms with Crippen molar-refractivity contribution in [1.82, 2.24) is 9.97 Å². The van der Waals surface area contributed by atoms with Gasteiger partial charge in [-0.25, -0.2) is 9.97 Å². The molecule has 0 radical (unpaired) electrons. The first-order valence-corrected chi connectivity index (χ1v) is 7.62. The molecule has 1 saturated heterocycles. The first-order chi connectivity index (χ1) is 9.13. The Labute approximate surface area is 127 Å². The zero-order valence-electron chi connectivity index (χ0n) is 11.6. The van der Waals surface area contributed by atoms with Gasteiger partial charge in [0.2, 0.25) is 0 Å². The summed E-state index contributed by atoms with van der Waals surface area (Å²) in [5.41, 5.74) is 0.585. The van der Waals surface area contributed by atoms with Gasteiger partial charge in [0.1, 0.15) is 11.4 Å². The molecule has 0 unspecified atom stereocenters. The highest BCUT2D eigenvalue weighted by Crippen LogP contribution is 2.34. The lowest BCUT2D eigenvalue weighted by molar-refractivity contribution is -0.1000. The van der Waals surface area contributed by atoms with Crippen LogP contribution >= 0.6 is 22.6 Å². The number of aromatic nitrogens is 2. The lowest BCUT2D eigenvalue weighted by atomic mass is 9.93. The Balaban J connectivity index is 2.42. The Morgan fingerprint density at radius 2 is 2.05 bits per heavy atom. The lowest BCUT2D eigenvalue weighted by Crippen LogP contribution is -2.37. The summed E-state index contributed by atoms with van der Waals surface area (Å²) < 4.78 is 12.3. The average Bonchev–Trinajstić information content (AvgIpc) is 2.44. The van der Waals surface area contributed by atoms with Crippen LogP contribution in [0.4, 0.5) is 5.82 Å². The van der Waals surface area contributed by atoms with E-state index in [4.69, 9.17) is 9.47 Å². The maximum Gasteiger partial charge on any atom is 0.163 e. The summed E-state index contributed by atoms with van der Waals surface area (Å²) in [5.74, 6) is 1.67. The van der Waals surface area contributed by atoms with Crippen LogP contribution in [0.2, 0.25) is 0 Å². The number of methoxy groups -OCH3 is 1. The van der Waals surface area contributed by atoms with Gasteiger partial charge in [0.05, 0.1) is 9.26 Å². The summed E-state index contributed by atoms with van der Waals surface area (Å²) in [4.78, 5) is 9.32. The minimum absolute atomic E-state index is 0.405. The van der Waals surface area contributed by atoms with Crippen molar-refractivity contribution < 1.29 is 9.47 Å². The fourth-order valence-corrected chi connectivity index (χ4v) is 2.70. The fraction of sp³-hybridized carbons (Fsp3) is 0.692. The first-order valence-electron chi connectivity index (χ1n) is 6.54. The number of ether oxygens (including phenoxy) is 2. The van der Waals surface area contributed by atoms with Gasteiger partial charge in [-0.05, 0) is 36.4 Å². The molecule has 19 heavy (non-hydrogen) atoms. The molecular weight excluding hydrogens is 357 g/mol. The highest BCUT2D eigenvalue weighted by Gasteiger charge is 2.38. The van der Waals surface area contributed by atoms with Gasteiger partial charge < -0.3 is 14.8 Å². The second-order valence-electron chi connectivity index (χ2n) is 4.64. The fourth-order valence-electron chi connectivity index (χ4n) is 2.27. The third-order valence-corrected chi connectivity index (χ3v) is 4.75. The molecule has 0 bridgehead atoms. The number of halogens is 1. The van der Waals surface area contributed by atoms with Crippen molar-refractivity contribution in [2.45, 2.75) is 32.3 Å². The Morgan fingerprint density at radius 1 is 1.37 bits per heavy atom. The van der Waals surface area contributed by atoms with Gasteiger partial charge in [-0.15, -0.1) is 0 Å². The minimum Gasteiger partial charge on any atom is -0.381 e. The van der Waals surface area contributed by atoms with E-state index in [9.17, 15) is 0 Å². The molecule has 5 nitrogen and oxygen atoms in total. The number of aryl methyl sites for hydroxylation is 1. The van der Waals surface area contributed by atoms with Crippen molar-refractivity contribution in [3.05, 3.63) is 15.1 Å². The Bertz CT molecular complexity index is 448. The molecule has 1 aliphatic rings. The van der Waals surface area contributed by atoms with E-state index in [0.29, 0.717) is 13.2 Å². The highest BCUT2D eigenvalue weighted by atomic mass is 127. The SMILES string of the molecule is CCNc1nc(C2(OC)CCOCC2)nc(C)c1I. The maximum atomic E-state index is 5.76. The van der Waals surface area contributed by atoms with E-state index in [0.717, 1.165) is 40.3 Å². The van der Waals surface area contributed by atoms with Crippen LogP contribution in [0.3, 0.4) is 0 Å². The zero-order chi connectivity index (χ0) is 13.9. The van der Waals surface area contributed by atoms with Crippen LogP contribution in [-0.4, -0.2) is 36.8 Å². The maximum absolute atomic E-state index is 5.76. The molecule has 0 amide bonds. The molecule has 2 rings (SSSR count). The number of hydrogen-bond acceptors (Lipinski definition) is 5. The normalized spacial score (nSPS) is 18.3. The molecule has 0 spiro atoms.